The third kappa shape index (κ3) is 4.16. The van der Waals surface area contributed by atoms with Crippen molar-refractivity contribution < 1.29 is 15.3 Å². The van der Waals surface area contributed by atoms with Gasteiger partial charge in [-0.05, 0) is 71.3 Å². The molecule has 1 atom stereocenters. The summed E-state index contributed by atoms with van der Waals surface area (Å²) in [5, 5.41) is 29.5. The maximum absolute atomic E-state index is 9.84. The van der Waals surface area contributed by atoms with Gasteiger partial charge in [0.1, 0.15) is 17.2 Å². The van der Waals surface area contributed by atoms with E-state index in [0.29, 0.717) is 0 Å². The lowest BCUT2D eigenvalue weighted by atomic mass is 9.55. The van der Waals surface area contributed by atoms with E-state index in [-0.39, 0.29) is 34.0 Å². The number of hydrogen-bond acceptors (Lipinski definition) is 3. The van der Waals surface area contributed by atoms with Crippen molar-refractivity contribution in [2.75, 3.05) is 0 Å². The van der Waals surface area contributed by atoms with Crippen LogP contribution in [0.2, 0.25) is 0 Å². The summed E-state index contributed by atoms with van der Waals surface area (Å²) in [5.41, 5.74) is 3.02. The highest BCUT2D eigenvalue weighted by Gasteiger charge is 2.45. The van der Waals surface area contributed by atoms with Gasteiger partial charge in [0.2, 0.25) is 0 Å². The summed E-state index contributed by atoms with van der Waals surface area (Å²) in [6.07, 6.45) is 10.5. The fourth-order valence-electron chi connectivity index (χ4n) is 4.91. The molecule has 1 unspecified atom stereocenters. The maximum atomic E-state index is 9.84. The first-order valence-corrected chi connectivity index (χ1v) is 11.0. The summed E-state index contributed by atoms with van der Waals surface area (Å²) in [6.45, 7) is 4.54. The molecule has 0 amide bonds. The highest BCUT2D eigenvalue weighted by atomic mass is 16.3. The largest absolute Gasteiger partial charge is 0.508 e. The first kappa shape index (κ1) is 21.8. The van der Waals surface area contributed by atoms with Gasteiger partial charge < -0.3 is 15.3 Å². The summed E-state index contributed by atoms with van der Waals surface area (Å²) in [6, 6.07) is 22.4. The van der Waals surface area contributed by atoms with Crippen LogP contribution in [0.1, 0.15) is 49.3 Å². The second-order valence-electron chi connectivity index (χ2n) is 9.26. The number of hydrogen-bond donors (Lipinski definition) is 3. The Bertz CT molecular complexity index is 1060. The zero-order chi connectivity index (χ0) is 22.8. The number of phenols is 3. The van der Waals surface area contributed by atoms with Crippen LogP contribution in [0, 0.1) is 5.41 Å². The van der Waals surface area contributed by atoms with Crippen molar-refractivity contribution in [3.05, 3.63) is 114 Å². The minimum atomic E-state index is -0.214. The predicted octanol–water partition coefficient (Wildman–Crippen LogP) is 6.81. The van der Waals surface area contributed by atoms with Gasteiger partial charge in [0, 0.05) is 11.3 Å². The summed E-state index contributed by atoms with van der Waals surface area (Å²) in [5.74, 6) is 0.836. The second-order valence-corrected chi connectivity index (χ2v) is 9.26. The molecule has 4 rings (SSSR count). The minimum absolute atomic E-state index is 0.0729. The van der Waals surface area contributed by atoms with E-state index < -0.39 is 0 Å². The molecule has 0 aromatic heterocycles. The Morgan fingerprint density at radius 1 is 0.719 bits per heavy atom. The van der Waals surface area contributed by atoms with E-state index in [9.17, 15) is 15.3 Å². The van der Waals surface area contributed by atoms with Crippen molar-refractivity contribution in [3.8, 4) is 17.2 Å². The molecule has 0 fully saturated rings. The normalized spacial score (nSPS) is 18.2. The van der Waals surface area contributed by atoms with Crippen LogP contribution in [-0.4, -0.2) is 15.3 Å². The summed E-state index contributed by atoms with van der Waals surface area (Å²) < 4.78 is 0. The lowest BCUT2D eigenvalue weighted by Gasteiger charge is -2.48. The molecule has 0 bridgehead atoms. The van der Waals surface area contributed by atoms with Crippen molar-refractivity contribution in [2.24, 2.45) is 5.41 Å². The molecule has 32 heavy (non-hydrogen) atoms. The Morgan fingerprint density at radius 2 is 1.19 bits per heavy atom. The minimum Gasteiger partial charge on any atom is -0.508 e. The molecule has 1 aliphatic carbocycles. The quantitative estimate of drug-likeness (QED) is 0.406. The van der Waals surface area contributed by atoms with Gasteiger partial charge in [-0.1, -0.05) is 74.5 Å². The summed E-state index contributed by atoms with van der Waals surface area (Å²) >= 11 is 0. The number of benzene rings is 3. The van der Waals surface area contributed by atoms with E-state index in [1.165, 1.54) is 5.56 Å². The van der Waals surface area contributed by atoms with Crippen molar-refractivity contribution in [2.45, 2.75) is 38.0 Å². The monoisotopic (exact) mass is 426 g/mol. The first-order valence-electron chi connectivity index (χ1n) is 11.0. The van der Waals surface area contributed by atoms with Crippen molar-refractivity contribution in [1.29, 1.82) is 0 Å². The molecule has 3 aromatic rings. The number of rotatable bonds is 6. The average molecular weight is 427 g/mol. The molecule has 0 saturated carbocycles. The van der Waals surface area contributed by atoms with Crippen LogP contribution in [0.4, 0.5) is 0 Å². The van der Waals surface area contributed by atoms with Gasteiger partial charge in [0.25, 0.3) is 0 Å². The van der Waals surface area contributed by atoms with Crippen LogP contribution in [0.3, 0.4) is 0 Å². The van der Waals surface area contributed by atoms with Gasteiger partial charge in [0.05, 0.1) is 0 Å². The van der Waals surface area contributed by atoms with Gasteiger partial charge in [-0.25, -0.2) is 0 Å². The average Bonchev–Trinajstić information content (AvgIpc) is 2.80. The van der Waals surface area contributed by atoms with E-state index in [1.807, 2.05) is 36.4 Å². The lowest BCUT2D eigenvalue weighted by Crippen LogP contribution is -2.41. The standard InChI is InChI=1S/C29H30O3/c1-28(2,23-10-16-26(32)17-11-23)29(18-4-3-5-19-29)20-27(21-6-12-24(30)13-7-21)22-8-14-25(31)15-9-22/h3-18,27,30-32H,19-20H2,1-2H3. The van der Waals surface area contributed by atoms with Crippen LogP contribution in [0.15, 0.2) is 97.1 Å². The Morgan fingerprint density at radius 3 is 1.62 bits per heavy atom. The van der Waals surface area contributed by atoms with Crippen LogP contribution in [-0.2, 0) is 5.41 Å². The van der Waals surface area contributed by atoms with Gasteiger partial charge in [-0.3, -0.25) is 0 Å². The third-order valence-electron chi connectivity index (χ3n) is 7.14. The first-order chi connectivity index (χ1) is 15.3. The smallest absolute Gasteiger partial charge is 0.115 e. The third-order valence-corrected chi connectivity index (χ3v) is 7.14. The van der Waals surface area contributed by atoms with Crippen LogP contribution in [0.5, 0.6) is 17.2 Å². The zero-order valence-electron chi connectivity index (χ0n) is 18.6. The second kappa shape index (κ2) is 8.58. The van der Waals surface area contributed by atoms with E-state index >= 15 is 0 Å². The van der Waals surface area contributed by atoms with Crippen LogP contribution >= 0.6 is 0 Å². The van der Waals surface area contributed by atoms with Gasteiger partial charge in [0.15, 0.2) is 0 Å². The van der Waals surface area contributed by atoms with E-state index in [1.54, 1.807) is 36.4 Å². The van der Waals surface area contributed by atoms with E-state index in [4.69, 9.17) is 0 Å². The molecule has 0 heterocycles. The SMILES string of the molecule is CC(C)(c1ccc(O)cc1)C1(CC(c2ccc(O)cc2)c2ccc(O)cc2)C=CC=CC1. The fourth-order valence-corrected chi connectivity index (χ4v) is 4.91. The van der Waals surface area contributed by atoms with E-state index in [2.05, 4.69) is 38.2 Å². The Labute approximate surface area is 190 Å². The molecule has 0 aliphatic heterocycles. The zero-order valence-corrected chi connectivity index (χ0v) is 18.6. The molecule has 3 heteroatoms. The molecule has 164 valence electrons. The molecule has 3 nitrogen and oxygen atoms in total. The van der Waals surface area contributed by atoms with Crippen molar-refractivity contribution in [1.82, 2.24) is 0 Å². The van der Waals surface area contributed by atoms with E-state index in [0.717, 1.165) is 24.0 Å². The molecule has 1 aliphatic rings. The van der Waals surface area contributed by atoms with Gasteiger partial charge >= 0.3 is 0 Å². The topological polar surface area (TPSA) is 60.7 Å². The molecule has 3 aromatic carbocycles. The number of aromatic hydroxyl groups is 3. The van der Waals surface area contributed by atoms with Gasteiger partial charge in [-0.2, -0.15) is 0 Å². The molecular formula is C29H30O3. The molecule has 3 N–H and O–H groups in total. The maximum Gasteiger partial charge on any atom is 0.115 e. The molecule has 0 saturated heterocycles. The highest BCUT2D eigenvalue weighted by molar-refractivity contribution is 5.41. The predicted molar refractivity (Wildman–Crippen MR) is 129 cm³/mol. The molecule has 0 radical (unpaired) electrons. The van der Waals surface area contributed by atoms with Crippen LogP contribution < -0.4 is 0 Å². The van der Waals surface area contributed by atoms with Crippen LogP contribution in [0.25, 0.3) is 0 Å². The Hall–Kier alpha value is -3.46. The summed E-state index contributed by atoms with van der Waals surface area (Å²) in [7, 11) is 0. The lowest BCUT2D eigenvalue weighted by molar-refractivity contribution is 0.187. The van der Waals surface area contributed by atoms with Crippen molar-refractivity contribution in [3.63, 3.8) is 0 Å². The Balaban J connectivity index is 1.81. The fraction of sp³-hybridized carbons (Fsp3) is 0.241. The van der Waals surface area contributed by atoms with Crippen molar-refractivity contribution >= 4 is 0 Å². The summed E-state index contributed by atoms with van der Waals surface area (Å²) in [4.78, 5) is 0. The Kier molecular flexibility index (Phi) is 5.84. The number of allylic oxidation sites excluding steroid dienone is 4. The number of phenolic OH excluding ortho intramolecular Hbond substituents is 3. The molecular weight excluding hydrogens is 396 g/mol. The highest BCUT2D eigenvalue weighted by Crippen LogP contribution is 2.53. The van der Waals surface area contributed by atoms with Gasteiger partial charge in [-0.15, -0.1) is 0 Å². The molecule has 0 spiro atoms.